The molecular formula is C14H17Br2NO5. The molecule has 6 nitrogen and oxygen atoms in total. The normalized spacial score (nSPS) is 12.6. The highest BCUT2D eigenvalue weighted by atomic mass is 79.9. The Morgan fingerprint density at radius 2 is 1.82 bits per heavy atom. The maximum absolute atomic E-state index is 11.7. The smallest absolute Gasteiger partial charge is 0.408 e. The Morgan fingerprint density at radius 3 is 2.32 bits per heavy atom. The van der Waals surface area contributed by atoms with Crippen molar-refractivity contribution in [1.82, 2.24) is 5.32 Å². The molecule has 0 fully saturated rings. The summed E-state index contributed by atoms with van der Waals surface area (Å²) in [6, 6.07) is 1.83. The molecule has 1 atom stereocenters. The number of amides is 1. The minimum atomic E-state index is -1.22. The van der Waals surface area contributed by atoms with Crippen LogP contribution >= 0.6 is 31.9 Å². The second-order valence-corrected chi connectivity index (χ2v) is 7.34. The highest BCUT2D eigenvalue weighted by molar-refractivity contribution is 9.13. The summed E-state index contributed by atoms with van der Waals surface area (Å²) in [4.78, 5) is 23.0. The topological polar surface area (TPSA) is 95.9 Å². The number of halogens is 2. The summed E-state index contributed by atoms with van der Waals surface area (Å²) < 4.78 is 6.34. The summed E-state index contributed by atoms with van der Waals surface area (Å²) in [5.41, 5.74) is -0.339. The van der Waals surface area contributed by atoms with Crippen molar-refractivity contribution >= 4 is 43.9 Å². The maximum atomic E-state index is 11.7. The molecule has 0 radical (unpaired) electrons. The summed E-state index contributed by atoms with van der Waals surface area (Å²) >= 11 is 6.52. The fourth-order valence-corrected chi connectivity index (χ4v) is 2.33. The Morgan fingerprint density at radius 1 is 1.27 bits per heavy atom. The number of rotatable bonds is 4. The minimum Gasteiger partial charge on any atom is -0.508 e. The van der Waals surface area contributed by atoms with Gasteiger partial charge in [0, 0.05) is 15.4 Å². The van der Waals surface area contributed by atoms with Gasteiger partial charge in [0.25, 0.3) is 0 Å². The molecule has 1 aromatic carbocycles. The van der Waals surface area contributed by atoms with Crippen molar-refractivity contribution < 1.29 is 24.5 Å². The van der Waals surface area contributed by atoms with E-state index in [1.165, 1.54) is 6.07 Å². The molecule has 1 unspecified atom stereocenters. The second kappa shape index (κ2) is 7.32. The van der Waals surface area contributed by atoms with E-state index in [9.17, 15) is 19.8 Å². The molecule has 0 aromatic heterocycles. The first kappa shape index (κ1) is 18.8. The molecule has 0 heterocycles. The summed E-state index contributed by atoms with van der Waals surface area (Å²) in [6.45, 7) is 5.04. The average Bonchev–Trinajstić information content (AvgIpc) is 2.32. The zero-order valence-electron chi connectivity index (χ0n) is 12.3. The van der Waals surface area contributed by atoms with E-state index < -0.39 is 23.7 Å². The highest BCUT2D eigenvalue weighted by Crippen LogP contribution is 2.31. The number of aromatic hydroxyl groups is 1. The lowest BCUT2D eigenvalue weighted by atomic mass is 10.1. The van der Waals surface area contributed by atoms with Crippen LogP contribution < -0.4 is 5.32 Å². The number of carboxylic acids is 1. The van der Waals surface area contributed by atoms with E-state index in [1.807, 2.05) is 0 Å². The number of phenols is 1. The van der Waals surface area contributed by atoms with Crippen LogP contribution in [0.5, 0.6) is 5.75 Å². The number of hydrogen-bond acceptors (Lipinski definition) is 4. The monoisotopic (exact) mass is 437 g/mol. The van der Waals surface area contributed by atoms with Gasteiger partial charge in [0.1, 0.15) is 17.4 Å². The number of phenolic OH excluding ortho intramolecular Hbond substituents is 1. The molecule has 1 aromatic rings. The number of ether oxygens (including phenoxy) is 1. The van der Waals surface area contributed by atoms with E-state index in [2.05, 4.69) is 37.2 Å². The maximum Gasteiger partial charge on any atom is 0.408 e. The van der Waals surface area contributed by atoms with E-state index in [-0.39, 0.29) is 12.2 Å². The molecular weight excluding hydrogens is 422 g/mol. The Bertz CT molecular complexity index is 583. The van der Waals surface area contributed by atoms with Crippen molar-refractivity contribution in [3.8, 4) is 5.75 Å². The van der Waals surface area contributed by atoms with Crippen LogP contribution in [0.3, 0.4) is 0 Å². The van der Waals surface area contributed by atoms with Gasteiger partial charge in [-0.15, -0.1) is 0 Å². The molecule has 0 bridgehead atoms. The van der Waals surface area contributed by atoms with Gasteiger partial charge >= 0.3 is 12.1 Å². The molecule has 0 aliphatic carbocycles. The summed E-state index contributed by atoms with van der Waals surface area (Å²) in [5, 5.41) is 21.4. The predicted octanol–water partition coefficient (Wildman–Crippen LogP) is 3.44. The fraction of sp³-hybridized carbons (Fsp3) is 0.429. The number of alkyl carbamates (subject to hydrolysis) is 1. The Balaban J connectivity index is 2.88. The van der Waals surface area contributed by atoms with Gasteiger partial charge in [0.2, 0.25) is 0 Å². The molecule has 122 valence electrons. The third-order valence-electron chi connectivity index (χ3n) is 2.53. The van der Waals surface area contributed by atoms with Gasteiger partial charge in [-0.1, -0.05) is 0 Å². The van der Waals surface area contributed by atoms with Crippen molar-refractivity contribution in [2.45, 2.75) is 38.8 Å². The van der Waals surface area contributed by atoms with Gasteiger partial charge in [-0.3, -0.25) is 0 Å². The highest BCUT2D eigenvalue weighted by Gasteiger charge is 2.25. The molecule has 3 N–H and O–H groups in total. The van der Waals surface area contributed by atoms with Crippen molar-refractivity contribution in [3.05, 3.63) is 26.6 Å². The number of benzene rings is 1. The molecule has 1 amide bonds. The zero-order valence-corrected chi connectivity index (χ0v) is 15.5. The van der Waals surface area contributed by atoms with Crippen LogP contribution in [0.4, 0.5) is 4.79 Å². The molecule has 0 spiro atoms. The van der Waals surface area contributed by atoms with Crippen molar-refractivity contribution in [1.29, 1.82) is 0 Å². The van der Waals surface area contributed by atoms with Crippen LogP contribution in [0.25, 0.3) is 0 Å². The third-order valence-corrected chi connectivity index (χ3v) is 4.38. The standard InChI is InChI=1S/C14H17Br2NO5/c1-14(2,3)22-13(21)17-10(12(19)20)5-7-4-8(15)9(16)6-11(7)18/h4,6,10,18H,5H2,1-3H3,(H,17,21)(H,19,20). The largest absolute Gasteiger partial charge is 0.508 e. The predicted molar refractivity (Wildman–Crippen MR) is 88.0 cm³/mol. The molecule has 22 heavy (non-hydrogen) atoms. The van der Waals surface area contributed by atoms with Crippen molar-refractivity contribution in [2.75, 3.05) is 0 Å². The number of carbonyl (C=O) groups is 2. The van der Waals surface area contributed by atoms with Crippen LogP contribution in [-0.4, -0.2) is 33.9 Å². The average molecular weight is 439 g/mol. The van der Waals surface area contributed by atoms with E-state index in [1.54, 1.807) is 26.8 Å². The van der Waals surface area contributed by atoms with Crippen molar-refractivity contribution in [3.63, 3.8) is 0 Å². The summed E-state index contributed by atoms with van der Waals surface area (Å²) in [7, 11) is 0. The van der Waals surface area contributed by atoms with E-state index in [0.29, 0.717) is 14.5 Å². The van der Waals surface area contributed by atoms with Crippen molar-refractivity contribution in [2.24, 2.45) is 0 Å². The lowest BCUT2D eigenvalue weighted by Gasteiger charge is -2.22. The zero-order chi connectivity index (χ0) is 17.1. The Labute approximate surface area is 145 Å². The first-order valence-electron chi connectivity index (χ1n) is 6.39. The Kier molecular flexibility index (Phi) is 6.25. The first-order chi connectivity index (χ1) is 9.99. The minimum absolute atomic E-state index is 0.0627. The number of carboxylic acid groups (broad SMARTS) is 1. The van der Waals surface area contributed by atoms with Gasteiger partial charge in [0.15, 0.2) is 0 Å². The molecule has 8 heteroatoms. The molecule has 0 aliphatic heterocycles. The Hall–Kier alpha value is -1.28. The van der Waals surface area contributed by atoms with Crippen LogP contribution in [0, 0.1) is 0 Å². The van der Waals surface area contributed by atoms with Gasteiger partial charge in [0.05, 0.1) is 0 Å². The summed E-state index contributed by atoms with van der Waals surface area (Å²) in [5.74, 6) is -1.28. The van der Waals surface area contributed by atoms with Gasteiger partial charge in [-0.05, 0) is 70.3 Å². The fourth-order valence-electron chi connectivity index (χ4n) is 1.61. The lowest BCUT2D eigenvalue weighted by Crippen LogP contribution is -2.44. The lowest BCUT2D eigenvalue weighted by molar-refractivity contribution is -0.139. The number of carbonyl (C=O) groups excluding carboxylic acids is 1. The quantitative estimate of drug-likeness (QED) is 0.669. The first-order valence-corrected chi connectivity index (χ1v) is 7.97. The van der Waals surface area contributed by atoms with Gasteiger partial charge < -0.3 is 20.3 Å². The number of aliphatic carboxylic acids is 1. The second-order valence-electron chi connectivity index (χ2n) is 5.64. The van der Waals surface area contributed by atoms with Crippen LogP contribution in [0.15, 0.2) is 21.1 Å². The third kappa shape index (κ3) is 5.84. The van der Waals surface area contributed by atoms with E-state index in [4.69, 9.17) is 4.74 Å². The van der Waals surface area contributed by atoms with Crippen LogP contribution in [0.2, 0.25) is 0 Å². The van der Waals surface area contributed by atoms with Gasteiger partial charge in [-0.2, -0.15) is 0 Å². The number of nitrogens with one attached hydrogen (secondary N) is 1. The molecule has 1 rings (SSSR count). The summed E-state index contributed by atoms with van der Waals surface area (Å²) in [6.07, 6.45) is -0.901. The van der Waals surface area contributed by atoms with E-state index in [0.717, 1.165) is 0 Å². The molecule has 0 saturated carbocycles. The molecule has 0 aliphatic rings. The van der Waals surface area contributed by atoms with E-state index >= 15 is 0 Å². The SMILES string of the molecule is CC(C)(C)OC(=O)NC(Cc1cc(Br)c(Br)cc1O)C(=O)O. The van der Waals surface area contributed by atoms with Gasteiger partial charge in [-0.25, -0.2) is 9.59 Å². The van der Waals surface area contributed by atoms with Crippen LogP contribution in [-0.2, 0) is 16.0 Å². The number of hydrogen-bond donors (Lipinski definition) is 3. The molecule has 0 saturated heterocycles. The van der Waals surface area contributed by atoms with Crippen LogP contribution in [0.1, 0.15) is 26.3 Å².